The van der Waals surface area contributed by atoms with Gasteiger partial charge in [-0.2, -0.15) is 0 Å². The number of esters is 1. The number of carbonyl (C=O) groups excluding carboxylic acids is 2. The van der Waals surface area contributed by atoms with Gasteiger partial charge in [0.15, 0.2) is 6.61 Å². The third-order valence-electron chi connectivity index (χ3n) is 3.71. The molecule has 0 saturated carbocycles. The van der Waals surface area contributed by atoms with E-state index in [0.717, 1.165) is 11.1 Å². The van der Waals surface area contributed by atoms with Gasteiger partial charge < -0.3 is 14.8 Å². The summed E-state index contributed by atoms with van der Waals surface area (Å²) in [7, 11) is 1.26. The number of anilines is 1. The molecule has 0 heterocycles. The highest BCUT2D eigenvalue weighted by atomic mass is 16.6. The summed E-state index contributed by atoms with van der Waals surface area (Å²) in [4.78, 5) is 34.2. The number of benzene rings is 2. The molecule has 136 valence electrons. The standard InChI is InChI=1S/C18H18N2O6/c1-11-7-15(16(20(23)24)8-12(11)2)19-17(21)10-26-14-6-4-5-13(9-14)18(22)25-3/h4-9H,10H2,1-3H3,(H,19,21). The molecule has 0 atom stereocenters. The highest BCUT2D eigenvalue weighted by Crippen LogP contribution is 2.27. The summed E-state index contributed by atoms with van der Waals surface area (Å²) in [5, 5.41) is 13.6. The molecule has 2 aromatic carbocycles. The summed E-state index contributed by atoms with van der Waals surface area (Å²) in [6.07, 6.45) is 0. The Kier molecular flexibility index (Phi) is 5.90. The number of methoxy groups -OCH3 is 1. The van der Waals surface area contributed by atoms with Crippen LogP contribution >= 0.6 is 0 Å². The van der Waals surface area contributed by atoms with E-state index in [1.54, 1.807) is 38.1 Å². The molecule has 0 unspecified atom stereocenters. The molecule has 26 heavy (non-hydrogen) atoms. The van der Waals surface area contributed by atoms with E-state index in [1.165, 1.54) is 19.2 Å². The Hall–Kier alpha value is -3.42. The van der Waals surface area contributed by atoms with Gasteiger partial charge in [-0.1, -0.05) is 6.07 Å². The van der Waals surface area contributed by atoms with Gasteiger partial charge in [0.05, 0.1) is 17.6 Å². The van der Waals surface area contributed by atoms with Gasteiger partial charge in [0.2, 0.25) is 0 Å². The molecule has 0 radical (unpaired) electrons. The van der Waals surface area contributed by atoms with E-state index in [9.17, 15) is 19.7 Å². The molecule has 0 aliphatic heterocycles. The SMILES string of the molecule is COC(=O)c1cccc(OCC(=O)Nc2cc(C)c(C)cc2[N+](=O)[O-])c1. The zero-order valence-electron chi connectivity index (χ0n) is 14.6. The first-order chi connectivity index (χ1) is 12.3. The molecule has 8 nitrogen and oxygen atoms in total. The summed E-state index contributed by atoms with van der Waals surface area (Å²) in [5.74, 6) is -0.775. The molecule has 0 bridgehead atoms. The third kappa shape index (κ3) is 4.56. The Labute approximate surface area is 149 Å². The maximum Gasteiger partial charge on any atom is 0.337 e. The fraction of sp³-hybridized carbons (Fsp3) is 0.222. The number of hydrogen-bond donors (Lipinski definition) is 1. The smallest absolute Gasteiger partial charge is 0.337 e. The molecule has 0 aromatic heterocycles. The van der Waals surface area contributed by atoms with Gasteiger partial charge in [-0.05, 0) is 49.2 Å². The summed E-state index contributed by atoms with van der Waals surface area (Å²) in [6, 6.07) is 9.12. The van der Waals surface area contributed by atoms with Gasteiger partial charge in [-0.25, -0.2) is 4.79 Å². The van der Waals surface area contributed by atoms with Crippen LogP contribution in [0.15, 0.2) is 36.4 Å². The van der Waals surface area contributed by atoms with E-state index in [0.29, 0.717) is 5.75 Å². The predicted molar refractivity (Wildman–Crippen MR) is 94.5 cm³/mol. The largest absolute Gasteiger partial charge is 0.484 e. The normalized spacial score (nSPS) is 10.1. The van der Waals surface area contributed by atoms with Crippen molar-refractivity contribution in [3.63, 3.8) is 0 Å². The van der Waals surface area contributed by atoms with E-state index in [4.69, 9.17) is 4.74 Å². The zero-order chi connectivity index (χ0) is 19.3. The lowest BCUT2D eigenvalue weighted by Gasteiger charge is -2.10. The molecule has 1 N–H and O–H groups in total. The molecule has 2 aromatic rings. The van der Waals surface area contributed by atoms with Crippen molar-refractivity contribution in [2.75, 3.05) is 19.0 Å². The molecule has 0 fully saturated rings. The Morgan fingerprint density at radius 1 is 1.15 bits per heavy atom. The quantitative estimate of drug-likeness (QED) is 0.483. The minimum Gasteiger partial charge on any atom is -0.484 e. The average molecular weight is 358 g/mol. The maximum atomic E-state index is 12.1. The zero-order valence-corrected chi connectivity index (χ0v) is 14.6. The van der Waals surface area contributed by atoms with Crippen LogP contribution in [0.5, 0.6) is 5.75 Å². The maximum absolute atomic E-state index is 12.1. The van der Waals surface area contributed by atoms with E-state index in [2.05, 4.69) is 10.1 Å². The number of hydrogen-bond acceptors (Lipinski definition) is 6. The molecule has 0 aliphatic carbocycles. The lowest BCUT2D eigenvalue weighted by Crippen LogP contribution is -2.21. The highest BCUT2D eigenvalue weighted by molar-refractivity contribution is 5.94. The van der Waals surface area contributed by atoms with Crippen LogP contribution in [0.4, 0.5) is 11.4 Å². The van der Waals surface area contributed by atoms with Gasteiger partial charge in [0.25, 0.3) is 11.6 Å². The monoisotopic (exact) mass is 358 g/mol. The second-order valence-corrected chi connectivity index (χ2v) is 5.57. The van der Waals surface area contributed by atoms with Crippen LogP contribution in [-0.2, 0) is 9.53 Å². The predicted octanol–water partition coefficient (Wildman–Crippen LogP) is 3.02. The van der Waals surface area contributed by atoms with Crippen molar-refractivity contribution in [3.05, 3.63) is 63.2 Å². The summed E-state index contributed by atoms with van der Waals surface area (Å²) >= 11 is 0. The van der Waals surface area contributed by atoms with Gasteiger partial charge >= 0.3 is 5.97 Å². The van der Waals surface area contributed by atoms with Crippen LogP contribution in [0.1, 0.15) is 21.5 Å². The fourth-order valence-electron chi connectivity index (χ4n) is 2.22. The Bertz CT molecular complexity index is 863. The minimum absolute atomic E-state index is 0.106. The van der Waals surface area contributed by atoms with Gasteiger partial charge in [0.1, 0.15) is 11.4 Å². The van der Waals surface area contributed by atoms with Crippen LogP contribution in [0, 0.1) is 24.0 Å². The van der Waals surface area contributed by atoms with Crippen LogP contribution in [0.3, 0.4) is 0 Å². The van der Waals surface area contributed by atoms with Crippen molar-refractivity contribution in [3.8, 4) is 5.75 Å². The molecular weight excluding hydrogens is 340 g/mol. The number of nitrogens with zero attached hydrogens (tertiary/aromatic N) is 1. The van der Waals surface area contributed by atoms with Crippen molar-refractivity contribution in [2.24, 2.45) is 0 Å². The molecule has 1 amide bonds. The van der Waals surface area contributed by atoms with E-state index < -0.39 is 16.8 Å². The van der Waals surface area contributed by atoms with Crippen LogP contribution in [-0.4, -0.2) is 30.5 Å². The first kappa shape index (κ1) is 18.9. The fourth-order valence-corrected chi connectivity index (χ4v) is 2.22. The number of nitrogens with one attached hydrogen (secondary N) is 1. The molecule has 8 heteroatoms. The van der Waals surface area contributed by atoms with Crippen LogP contribution < -0.4 is 10.1 Å². The number of carbonyl (C=O) groups is 2. The number of ether oxygens (including phenoxy) is 2. The van der Waals surface area contributed by atoms with Crippen molar-refractivity contribution in [1.29, 1.82) is 0 Å². The van der Waals surface area contributed by atoms with Crippen molar-refractivity contribution in [2.45, 2.75) is 13.8 Å². The third-order valence-corrected chi connectivity index (χ3v) is 3.71. The number of aryl methyl sites for hydroxylation is 2. The molecule has 0 saturated heterocycles. The topological polar surface area (TPSA) is 108 Å². The van der Waals surface area contributed by atoms with Gasteiger partial charge in [-0.3, -0.25) is 14.9 Å². The van der Waals surface area contributed by atoms with E-state index >= 15 is 0 Å². The summed E-state index contributed by atoms with van der Waals surface area (Å²) in [5.41, 5.74) is 1.78. The van der Waals surface area contributed by atoms with Crippen molar-refractivity contribution < 1.29 is 24.0 Å². The minimum atomic E-state index is -0.556. The van der Waals surface area contributed by atoms with Crippen molar-refractivity contribution >= 4 is 23.3 Å². The average Bonchev–Trinajstić information content (AvgIpc) is 2.62. The number of amides is 1. The molecule has 2 rings (SSSR count). The van der Waals surface area contributed by atoms with E-state index in [1.807, 2.05) is 0 Å². The van der Waals surface area contributed by atoms with Gasteiger partial charge in [0, 0.05) is 6.07 Å². The van der Waals surface area contributed by atoms with Gasteiger partial charge in [-0.15, -0.1) is 0 Å². The summed E-state index contributed by atoms with van der Waals surface area (Å²) < 4.78 is 9.95. The second-order valence-electron chi connectivity index (χ2n) is 5.57. The molecular formula is C18H18N2O6. The lowest BCUT2D eigenvalue weighted by molar-refractivity contribution is -0.384. The highest BCUT2D eigenvalue weighted by Gasteiger charge is 2.18. The van der Waals surface area contributed by atoms with Crippen LogP contribution in [0.2, 0.25) is 0 Å². The first-order valence-electron chi connectivity index (χ1n) is 7.68. The lowest BCUT2D eigenvalue weighted by atomic mass is 10.1. The Morgan fingerprint density at radius 3 is 2.50 bits per heavy atom. The molecule has 0 aliphatic rings. The Balaban J connectivity index is 2.07. The van der Waals surface area contributed by atoms with E-state index in [-0.39, 0.29) is 23.5 Å². The van der Waals surface area contributed by atoms with Crippen LogP contribution in [0.25, 0.3) is 0 Å². The second kappa shape index (κ2) is 8.11. The van der Waals surface area contributed by atoms with Crippen molar-refractivity contribution in [1.82, 2.24) is 0 Å². The molecule has 0 spiro atoms. The summed E-state index contributed by atoms with van der Waals surface area (Å²) in [6.45, 7) is 3.18. The Morgan fingerprint density at radius 2 is 1.85 bits per heavy atom. The number of nitro benzene ring substituents is 1. The number of nitro groups is 1. The number of rotatable bonds is 6. The first-order valence-corrected chi connectivity index (χ1v) is 7.68.